The van der Waals surface area contributed by atoms with Crippen molar-refractivity contribution in [3.05, 3.63) is 45.9 Å². The zero-order valence-corrected chi connectivity index (χ0v) is 12.9. The number of hydrogen-bond acceptors (Lipinski definition) is 4. The van der Waals surface area contributed by atoms with E-state index in [9.17, 15) is 0 Å². The van der Waals surface area contributed by atoms with Crippen LogP contribution in [0.5, 0.6) is 0 Å². The monoisotopic (exact) mass is 290 g/mol. The molecule has 1 N–H and O–H groups in total. The molecule has 19 heavy (non-hydrogen) atoms. The molecule has 2 unspecified atom stereocenters. The number of thiazole rings is 1. The number of rotatable bonds is 4. The normalized spacial score (nSPS) is 19.4. The molecule has 0 aliphatic carbocycles. The van der Waals surface area contributed by atoms with Crippen molar-refractivity contribution in [3.63, 3.8) is 0 Å². The van der Waals surface area contributed by atoms with Crippen LogP contribution in [-0.4, -0.2) is 10.7 Å². The van der Waals surface area contributed by atoms with Crippen LogP contribution in [0, 0.1) is 0 Å². The lowest BCUT2D eigenvalue weighted by atomic mass is 10.1. The number of fused-ring (bicyclic) bond motifs is 1. The molecule has 4 heteroatoms. The van der Waals surface area contributed by atoms with Gasteiger partial charge in [0.15, 0.2) is 0 Å². The van der Waals surface area contributed by atoms with E-state index in [-0.39, 0.29) is 0 Å². The molecule has 0 bridgehead atoms. The molecule has 1 aromatic heterocycles. The van der Waals surface area contributed by atoms with Crippen LogP contribution in [0.2, 0.25) is 0 Å². The predicted molar refractivity (Wildman–Crippen MR) is 82.9 cm³/mol. The summed E-state index contributed by atoms with van der Waals surface area (Å²) in [6.07, 6.45) is 3.09. The van der Waals surface area contributed by atoms with Crippen LogP contribution in [0.4, 0.5) is 0 Å². The number of nitrogens with one attached hydrogen (secondary N) is 1. The van der Waals surface area contributed by atoms with E-state index < -0.39 is 0 Å². The molecule has 2 nitrogen and oxygen atoms in total. The van der Waals surface area contributed by atoms with Crippen molar-refractivity contribution in [2.45, 2.75) is 37.2 Å². The number of thioether (sulfide) groups is 1. The molecule has 0 spiro atoms. The van der Waals surface area contributed by atoms with E-state index >= 15 is 0 Å². The van der Waals surface area contributed by atoms with E-state index in [0.717, 1.165) is 12.2 Å². The van der Waals surface area contributed by atoms with Gasteiger partial charge < -0.3 is 5.32 Å². The average Bonchev–Trinajstić information content (AvgIpc) is 3.06. The summed E-state index contributed by atoms with van der Waals surface area (Å²) in [6.45, 7) is 4.39. The highest BCUT2D eigenvalue weighted by Crippen LogP contribution is 2.39. The molecule has 1 aliphatic rings. The summed E-state index contributed by atoms with van der Waals surface area (Å²) >= 11 is 3.77. The van der Waals surface area contributed by atoms with E-state index in [4.69, 9.17) is 0 Å². The third-order valence-corrected chi connectivity index (χ3v) is 5.95. The number of aromatic nitrogens is 1. The van der Waals surface area contributed by atoms with E-state index in [1.807, 2.05) is 29.3 Å². The molecule has 2 aromatic rings. The summed E-state index contributed by atoms with van der Waals surface area (Å²) in [5.74, 6) is 1.12. The summed E-state index contributed by atoms with van der Waals surface area (Å²) < 4.78 is 0. The first-order chi connectivity index (χ1) is 9.28. The lowest BCUT2D eigenvalue weighted by Gasteiger charge is -2.18. The molecule has 0 saturated heterocycles. The standard InChI is InChI=1S/C15H18N2S2/c1-3-11-8-16-15(19-11)10(2)17-13-9-18-14-7-5-4-6-12(13)14/h4-8,10,13,17H,3,9H2,1-2H3. The molecule has 3 rings (SSSR count). The second-order valence-electron chi connectivity index (χ2n) is 4.81. The minimum Gasteiger partial charge on any atom is -0.300 e. The smallest absolute Gasteiger partial charge is 0.109 e. The third-order valence-electron chi connectivity index (χ3n) is 3.44. The summed E-state index contributed by atoms with van der Waals surface area (Å²) in [6, 6.07) is 9.46. The van der Waals surface area contributed by atoms with Gasteiger partial charge in [0.05, 0.1) is 6.04 Å². The number of nitrogens with zero attached hydrogens (tertiary/aromatic N) is 1. The van der Waals surface area contributed by atoms with Crippen molar-refractivity contribution >= 4 is 23.1 Å². The molecule has 0 amide bonds. The fraction of sp³-hybridized carbons (Fsp3) is 0.400. The van der Waals surface area contributed by atoms with Crippen LogP contribution in [0.1, 0.15) is 41.4 Å². The Hall–Kier alpha value is -0.840. The van der Waals surface area contributed by atoms with Gasteiger partial charge in [0.25, 0.3) is 0 Å². The van der Waals surface area contributed by atoms with Gasteiger partial charge in [-0.15, -0.1) is 23.1 Å². The van der Waals surface area contributed by atoms with Crippen LogP contribution in [0.3, 0.4) is 0 Å². The summed E-state index contributed by atoms with van der Waals surface area (Å²) in [5.41, 5.74) is 1.44. The fourth-order valence-corrected chi connectivity index (χ4v) is 4.40. The summed E-state index contributed by atoms with van der Waals surface area (Å²) in [4.78, 5) is 7.32. The van der Waals surface area contributed by atoms with Crippen molar-refractivity contribution in [1.82, 2.24) is 10.3 Å². The molecule has 2 atom stereocenters. The van der Waals surface area contributed by atoms with Gasteiger partial charge in [-0.3, -0.25) is 0 Å². The lowest BCUT2D eigenvalue weighted by Crippen LogP contribution is -2.24. The minimum atomic E-state index is 0.321. The number of benzene rings is 1. The van der Waals surface area contributed by atoms with E-state index in [2.05, 4.69) is 48.4 Å². The molecule has 0 fully saturated rings. The zero-order valence-electron chi connectivity index (χ0n) is 11.2. The highest BCUT2D eigenvalue weighted by molar-refractivity contribution is 7.99. The Bertz CT molecular complexity index is 565. The maximum atomic E-state index is 4.53. The summed E-state index contributed by atoms with van der Waals surface area (Å²) in [5, 5.41) is 4.92. The van der Waals surface area contributed by atoms with Crippen LogP contribution in [-0.2, 0) is 6.42 Å². The Labute approximate surface area is 122 Å². The lowest BCUT2D eigenvalue weighted by molar-refractivity contribution is 0.499. The molecular weight excluding hydrogens is 272 g/mol. The Morgan fingerprint density at radius 1 is 1.42 bits per heavy atom. The van der Waals surface area contributed by atoms with Gasteiger partial charge >= 0.3 is 0 Å². The fourth-order valence-electron chi connectivity index (χ4n) is 2.36. The zero-order chi connectivity index (χ0) is 13.2. The van der Waals surface area contributed by atoms with Crippen LogP contribution < -0.4 is 5.32 Å². The maximum absolute atomic E-state index is 4.53. The highest BCUT2D eigenvalue weighted by atomic mass is 32.2. The van der Waals surface area contributed by atoms with Gasteiger partial charge in [0, 0.05) is 27.8 Å². The Balaban J connectivity index is 1.72. The Kier molecular flexibility index (Phi) is 3.91. The predicted octanol–water partition coefficient (Wildman–Crippen LogP) is 4.20. The van der Waals surface area contributed by atoms with Crippen molar-refractivity contribution in [3.8, 4) is 0 Å². The quantitative estimate of drug-likeness (QED) is 0.913. The second kappa shape index (κ2) is 5.65. The third kappa shape index (κ3) is 2.71. The van der Waals surface area contributed by atoms with Crippen molar-refractivity contribution in [1.29, 1.82) is 0 Å². The minimum absolute atomic E-state index is 0.321. The van der Waals surface area contributed by atoms with Crippen LogP contribution in [0.25, 0.3) is 0 Å². The average molecular weight is 290 g/mol. The highest BCUT2D eigenvalue weighted by Gasteiger charge is 2.24. The Morgan fingerprint density at radius 3 is 3.05 bits per heavy atom. The molecule has 100 valence electrons. The number of aryl methyl sites for hydroxylation is 1. The number of hydrogen-bond donors (Lipinski definition) is 1. The first kappa shape index (κ1) is 13.2. The molecule has 1 aromatic carbocycles. The van der Waals surface area contributed by atoms with Crippen LogP contribution in [0.15, 0.2) is 35.4 Å². The van der Waals surface area contributed by atoms with Gasteiger partial charge in [-0.25, -0.2) is 4.98 Å². The SMILES string of the molecule is CCc1cnc(C(C)NC2CSc3ccccc32)s1. The van der Waals surface area contributed by atoms with Gasteiger partial charge in [-0.1, -0.05) is 25.1 Å². The van der Waals surface area contributed by atoms with Crippen molar-refractivity contribution < 1.29 is 0 Å². The largest absolute Gasteiger partial charge is 0.300 e. The van der Waals surface area contributed by atoms with Crippen molar-refractivity contribution in [2.24, 2.45) is 0 Å². The van der Waals surface area contributed by atoms with Gasteiger partial charge in [0.2, 0.25) is 0 Å². The summed E-state index contributed by atoms with van der Waals surface area (Å²) in [7, 11) is 0. The topological polar surface area (TPSA) is 24.9 Å². The van der Waals surface area contributed by atoms with Gasteiger partial charge in [0.1, 0.15) is 5.01 Å². The molecule has 2 heterocycles. The first-order valence-corrected chi connectivity index (χ1v) is 8.50. The van der Waals surface area contributed by atoms with E-state index in [1.165, 1.54) is 20.3 Å². The van der Waals surface area contributed by atoms with Crippen molar-refractivity contribution in [2.75, 3.05) is 5.75 Å². The molecule has 1 aliphatic heterocycles. The Morgan fingerprint density at radius 2 is 2.26 bits per heavy atom. The van der Waals surface area contributed by atoms with Crippen LogP contribution >= 0.6 is 23.1 Å². The molecule has 0 radical (unpaired) electrons. The molecular formula is C15H18N2S2. The van der Waals surface area contributed by atoms with Gasteiger partial charge in [-0.05, 0) is 25.0 Å². The first-order valence-electron chi connectivity index (χ1n) is 6.70. The second-order valence-corrected chi connectivity index (χ2v) is 7.02. The molecule has 0 saturated carbocycles. The van der Waals surface area contributed by atoms with E-state index in [1.54, 1.807) is 0 Å². The van der Waals surface area contributed by atoms with E-state index in [0.29, 0.717) is 12.1 Å². The van der Waals surface area contributed by atoms with Gasteiger partial charge in [-0.2, -0.15) is 0 Å². The maximum Gasteiger partial charge on any atom is 0.109 e.